The van der Waals surface area contributed by atoms with E-state index in [1.165, 1.54) is 6.07 Å². The third-order valence-corrected chi connectivity index (χ3v) is 5.49. The molecule has 1 atom stereocenters. The van der Waals surface area contributed by atoms with Gasteiger partial charge in [-0.2, -0.15) is 0 Å². The van der Waals surface area contributed by atoms with Crippen LogP contribution < -0.4 is 15.0 Å². The zero-order chi connectivity index (χ0) is 24.1. The maximum atomic E-state index is 14.2. The lowest BCUT2D eigenvalue weighted by atomic mass is 9.94. The third-order valence-electron chi connectivity index (χ3n) is 5.19. The molecule has 0 aromatic heterocycles. The number of esters is 1. The van der Waals surface area contributed by atoms with Gasteiger partial charge in [-0.1, -0.05) is 18.2 Å². The molecule has 2 N–H and O–H groups in total. The maximum Gasteiger partial charge on any atom is 0.338 e. The van der Waals surface area contributed by atoms with Crippen LogP contribution in [0, 0.1) is 12.7 Å². The van der Waals surface area contributed by atoms with Gasteiger partial charge in [-0.25, -0.2) is 9.18 Å². The minimum atomic E-state index is -0.941. The van der Waals surface area contributed by atoms with E-state index < -0.39 is 18.0 Å². The van der Waals surface area contributed by atoms with Gasteiger partial charge in [-0.15, -0.1) is 0 Å². The summed E-state index contributed by atoms with van der Waals surface area (Å²) >= 11 is 5.58. The molecule has 1 heterocycles. The lowest BCUT2D eigenvalue weighted by Crippen LogP contribution is -2.48. The van der Waals surface area contributed by atoms with Gasteiger partial charge >= 0.3 is 11.9 Å². The second-order valence-electron chi connectivity index (χ2n) is 7.43. The van der Waals surface area contributed by atoms with Crippen LogP contribution in [0.4, 0.5) is 10.1 Å². The number of hydrogen-bond acceptors (Lipinski definition) is 5. The summed E-state index contributed by atoms with van der Waals surface area (Å²) in [5.41, 5.74) is 2.62. The van der Waals surface area contributed by atoms with E-state index in [2.05, 4.69) is 5.32 Å². The Bertz CT molecular complexity index is 1100. The SMILES string of the molecule is CCOC(=O)C1=C(C)N(c2ccc(C)c(F)c2)C(=S)NC1c1ccc(OCCC(=O)O)cc1. The van der Waals surface area contributed by atoms with Gasteiger partial charge in [0.1, 0.15) is 11.6 Å². The molecule has 7 nitrogen and oxygen atoms in total. The van der Waals surface area contributed by atoms with Crippen LogP contribution in [0.3, 0.4) is 0 Å². The minimum absolute atomic E-state index is 0.0512. The van der Waals surface area contributed by atoms with Crippen molar-refractivity contribution in [3.63, 3.8) is 0 Å². The van der Waals surface area contributed by atoms with E-state index in [9.17, 15) is 14.0 Å². The number of halogens is 1. The van der Waals surface area contributed by atoms with E-state index in [-0.39, 0.29) is 25.5 Å². The molecule has 0 spiro atoms. The molecule has 1 aliphatic rings. The highest BCUT2D eigenvalue weighted by Gasteiger charge is 2.35. The van der Waals surface area contributed by atoms with Crippen LogP contribution in [0.5, 0.6) is 5.75 Å². The van der Waals surface area contributed by atoms with E-state index in [4.69, 9.17) is 26.8 Å². The first-order chi connectivity index (χ1) is 15.7. The van der Waals surface area contributed by atoms with Crippen LogP contribution in [-0.4, -0.2) is 35.4 Å². The van der Waals surface area contributed by atoms with Crippen molar-refractivity contribution < 1.29 is 28.6 Å². The molecule has 1 unspecified atom stereocenters. The maximum absolute atomic E-state index is 14.2. The fraction of sp³-hybridized carbons (Fsp3) is 0.292. The predicted molar refractivity (Wildman–Crippen MR) is 126 cm³/mol. The Balaban J connectivity index is 1.97. The molecule has 2 aromatic rings. The van der Waals surface area contributed by atoms with Crippen molar-refractivity contribution in [3.8, 4) is 5.75 Å². The second-order valence-corrected chi connectivity index (χ2v) is 7.82. The van der Waals surface area contributed by atoms with E-state index in [0.29, 0.717) is 33.4 Å². The van der Waals surface area contributed by atoms with Gasteiger partial charge in [0.2, 0.25) is 0 Å². The standard InChI is InChI=1S/C24H25FN2O5S/c1-4-31-23(30)21-15(3)27(17-8-5-14(2)19(25)13-17)24(33)26-22(21)16-6-9-18(10-7-16)32-12-11-20(28)29/h5-10,13,22H,4,11-12H2,1-3H3,(H,26,33)(H,28,29). The number of anilines is 1. The van der Waals surface area contributed by atoms with E-state index in [1.54, 1.807) is 62.1 Å². The normalized spacial score (nSPS) is 15.8. The molecule has 0 radical (unpaired) electrons. The van der Waals surface area contributed by atoms with Crippen molar-refractivity contribution in [3.05, 3.63) is 70.7 Å². The Hall–Kier alpha value is -3.46. The monoisotopic (exact) mass is 472 g/mol. The highest BCUT2D eigenvalue weighted by molar-refractivity contribution is 7.80. The first-order valence-corrected chi connectivity index (χ1v) is 10.8. The number of benzene rings is 2. The molecule has 1 aliphatic heterocycles. The average Bonchev–Trinajstić information content (AvgIpc) is 2.76. The Morgan fingerprint density at radius 3 is 2.48 bits per heavy atom. The zero-order valence-electron chi connectivity index (χ0n) is 18.6. The quantitative estimate of drug-likeness (QED) is 0.435. The summed E-state index contributed by atoms with van der Waals surface area (Å²) in [6, 6.07) is 11.1. The summed E-state index contributed by atoms with van der Waals surface area (Å²) in [5, 5.41) is 12.2. The van der Waals surface area contributed by atoms with Crippen LogP contribution in [0.15, 0.2) is 53.7 Å². The number of allylic oxidation sites excluding steroid dienone is 1. The molecule has 0 saturated carbocycles. The van der Waals surface area contributed by atoms with Crippen LogP contribution >= 0.6 is 12.2 Å². The number of hydrogen-bond donors (Lipinski definition) is 2. The number of carbonyl (C=O) groups is 2. The highest BCUT2D eigenvalue weighted by Crippen LogP contribution is 2.35. The third kappa shape index (κ3) is 5.48. The number of nitrogens with zero attached hydrogens (tertiary/aromatic N) is 1. The molecule has 0 fully saturated rings. The number of carbonyl (C=O) groups excluding carboxylic acids is 1. The molecule has 33 heavy (non-hydrogen) atoms. The van der Waals surface area contributed by atoms with Gasteiger partial charge in [-0.3, -0.25) is 9.69 Å². The highest BCUT2D eigenvalue weighted by atomic mass is 32.1. The summed E-state index contributed by atoms with van der Waals surface area (Å²) in [4.78, 5) is 25.2. The molecule has 0 saturated heterocycles. The Morgan fingerprint density at radius 1 is 1.18 bits per heavy atom. The van der Waals surface area contributed by atoms with Crippen molar-refractivity contribution in [2.45, 2.75) is 33.2 Å². The van der Waals surface area contributed by atoms with Gasteiger partial charge in [0.15, 0.2) is 5.11 Å². The summed E-state index contributed by atoms with van der Waals surface area (Å²) in [7, 11) is 0. The number of thiocarbonyl (C=S) groups is 1. The van der Waals surface area contributed by atoms with E-state index in [1.807, 2.05) is 0 Å². The number of aryl methyl sites for hydroxylation is 1. The molecule has 2 aromatic carbocycles. The number of carboxylic acid groups (broad SMARTS) is 1. The summed E-state index contributed by atoms with van der Waals surface area (Å²) in [6.07, 6.45) is -0.107. The molecular weight excluding hydrogens is 447 g/mol. The molecule has 3 rings (SSSR count). The Kier molecular flexibility index (Phi) is 7.65. The number of nitrogens with one attached hydrogen (secondary N) is 1. The zero-order valence-corrected chi connectivity index (χ0v) is 19.4. The summed E-state index contributed by atoms with van der Waals surface area (Å²) in [6.45, 7) is 5.38. The van der Waals surface area contributed by atoms with Gasteiger partial charge in [0, 0.05) is 5.70 Å². The predicted octanol–water partition coefficient (Wildman–Crippen LogP) is 4.26. The summed E-state index contributed by atoms with van der Waals surface area (Å²) in [5.74, 6) is -1.31. The van der Waals surface area contributed by atoms with Gasteiger partial charge in [0.25, 0.3) is 0 Å². The van der Waals surface area contributed by atoms with Gasteiger partial charge in [0.05, 0.1) is 36.9 Å². The Labute approximate surface area is 196 Å². The smallest absolute Gasteiger partial charge is 0.338 e. The van der Waals surface area contributed by atoms with Crippen LogP contribution in [-0.2, 0) is 14.3 Å². The van der Waals surface area contributed by atoms with Crippen LogP contribution in [0.1, 0.15) is 37.4 Å². The molecule has 0 amide bonds. The molecule has 174 valence electrons. The topological polar surface area (TPSA) is 88.1 Å². The molecular formula is C24H25FN2O5S. The number of aliphatic carboxylic acids is 1. The summed E-state index contributed by atoms with van der Waals surface area (Å²) < 4.78 is 25.0. The minimum Gasteiger partial charge on any atom is -0.493 e. The molecule has 0 bridgehead atoms. The lowest BCUT2D eigenvalue weighted by Gasteiger charge is -2.37. The van der Waals surface area contributed by atoms with Gasteiger partial charge in [-0.05, 0) is 68.4 Å². The van der Waals surface area contributed by atoms with Crippen molar-refractivity contribution in [2.75, 3.05) is 18.1 Å². The molecule has 9 heteroatoms. The largest absolute Gasteiger partial charge is 0.493 e. The number of rotatable bonds is 8. The van der Waals surface area contributed by atoms with Crippen LogP contribution in [0.2, 0.25) is 0 Å². The first kappa shape index (κ1) is 24.2. The number of ether oxygens (including phenoxy) is 2. The van der Waals surface area contributed by atoms with Crippen molar-refractivity contribution in [2.24, 2.45) is 0 Å². The molecule has 0 aliphatic carbocycles. The van der Waals surface area contributed by atoms with Crippen molar-refractivity contribution in [1.82, 2.24) is 5.32 Å². The Morgan fingerprint density at radius 2 is 1.88 bits per heavy atom. The van der Waals surface area contributed by atoms with Crippen molar-refractivity contribution in [1.29, 1.82) is 0 Å². The van der Waals surface area contributed by atoms with E-state index in [0.717, 1.165) is 5.56 Å². The van der Waals surface area contributed by atoms with E-state index >= 15 is 0 Å². The van der Waals surface area contributed by atoms with Crippen molar-refractivity contribution >= 4 is 35.0 Å². The van der Waals surface area contributed by atoms with Gasteiger partial charge < -0.3 is 19.9 Å². The fourth-order valence-electron chi connectivity index (χ4n) is 3.51. The second kappa shape index (κ2) is 10.4. The fourth-order valence-corrected chi connectivity index (χ4v) is 3.87. The lowest BCUT2D eigenvalue weighted by molar-refractivity contribution is -0.139. The first-order valence-electron chi connectivity index (χ1n) is 10.4. The van der Waals surface area contributed by atoms with Crippen LogP contribution in [0.25, 0.3) is 0 Å². The average molecular weight is 473 g/mol. The number of carboxylic acids is 1.